The topological polar surface area (TPSA) is 55.2 Å². The Bertz CT molecular complexity index is 1200. The third kappa shape index (κ3) is 3.51. The fourth-order valence-corrected chi connectivity index (χ4v) is 4.94. The van der Waals surface area contributed by atoms with Crippen LogP contribution in [0.5, 0.6) is 0 Å². The number of halogens is 3. The van der Waals surface area contributed by atoms with Gasteiger partial charge < -0.3 is 4.90 Å². The third-order valence-electron chi connectivity index (χ3n) is 5.47. The highest BCUT2D eigenvalue weighted by atomic mass is 32.1. The number of anilines is 1. The van der Waals surface area contributed by atoms with Crippen LogP contribution in [-0.2, 0) is 19.1 Å². The first kappa shape index (κ1) is 20.6. The summed E-state index contributed by atoms with van der Waals surface area (Å²) in [5.74, 6) is 0.269. The Kier molecular flexibility index (Phi) is 5.17. The molecule has 0 saturated carbocycles. The minimum absolute atomic E-state index is 0.132. The van der Waals surface area contributed by atoms with E-state index in [0.717, 1.165) is 55.0 Å². The van der Waals surface area contributed by atoms with E-state index < -0.39 is 17.6 Å². The van der Waals surface area contributed by atoms with Crippen molar-refractivity contribution in [2.45, 2.75) is 45.3 Å². The number of rotatable bonds is 2. The van der Waals surface area contributed by atoms with Crippen LogP contribution in [0.2, 0.25) is 0 Å². The number of fused-ring (bicyclic) bond motifs is 2. The Labute approximate surface area is 174 Å². The van der Waals surface area contributed by atoms with Gasteiger partial charge in [0.15, 0.2) is 0 Å². The smallest absolute Gasteiger partial charge is 0.311 e. The summed E-state index contributed by atoms with van der Waals surface area (Å²) in [4.78, 5) is 32.8. The van der Waals surface area contributed by atoms with E-state index in [1.54, 1.807) is 11.5 Å². The predicted molar refractivity (Wildman–Crippen MR) is 110 cm³/mol. The fourth-order valence-electron chi connectivity index (χ4n) is 3.77. The molecular weight excluding hydrogens is 415 g/mol. The molecular formula is C21H20F3N3O2S. The van der Waals surface area contributed by atoms with Gasteiger partial charge in [-0.3, -0.25) is 14.2 Å². The monoisotopic (exact) mass is 435 g/mol. The number of thiophene rings is 1. The van der Waals surface area contributed by atoms with Gasteiger partial charge in [0.1, 0.15) is 10.7 Å². The molecule has 0 spiro atoms. The van der Waals surface area contributed by atoms with Crippen LogP contribution in [0.4, 0.5) is 18.9 Å². The summed E-state index contributed by atoms with van der Waals surface area (Å²) < 4.78 is 40.8. The largest absolute Gasteiger partial charge is 0.416 e. The number of hydrogen-bond donors (Lipinski definition) is 0. The molecule has 158 valence electrons. The van der Waals surface area contributed by atoms with Crippen LogP contribution in [0.25, 0.3) is 10.2 Å². The van der Waals surface area contributed by atoms with E-state index in [4.69, 9.17) is 0 Å². The summed E-state index contributed by atoms with van der Waals surface area (Å²) in [5.41, 5.74) is -0.314. The van der Waals surface area contributed by atoms with Gasteiger partial charge in [0.25, 0.3) is 11.5 Å². The van der Waals surface area contributed by atoms with E-state index in [9.17, 15) is 22.8 Å². The second-order valence-electron chi connectivity index (χ2n) is 7.44. The number of benzene rings is 1. The van der Waals surface area contributed by atoms with Crippen molar-refractivity contribution in [3.63, 3.8) is 0 Å². The molecule has 3 aromatic rings. The van der Waals surface area contributed by atoms with Crippen molar-refractivity contribution in [1.82, 2.24) is 9.55 Å². The number of carbonyl (C=O) groups is 1. The number of aromatic nitrogens is 2. The zero-order chi connectivity index (χ0) is 21.6. The zero-order valence-corrected chi connectivity index (χ0v) is 17.4. The van der Waals surface area contributed by atoms with Gasteiger partial charge >= 0.3 is 6.18 Å². The van der Waals surface area contributed by atoms with Crippen molar-refractivity contribution in [3.05, 3.63) is 56.4 Å². The molecule has 0 aliphatic carbocycles. The molecule has 2 aromatic heterocycles. The maximum atomic E-state index is 13.1. The van der Waals surface area contributed by atoms with Gasteiger partial charge in [0.05, 0.1) is 15.8 Å². The molecule has 0 bridgehead atoms. The van der Waals surface area contributed by atoms with Gasteiger partial charge in [-0.1, -0.05) is 12.5 Å². The standard InChI is InChI=1S/C21H20F3N3O2S/c1-12-16-18(25-15-9-4-3-5-10-27(15)19(16)28)30-17(12)20(29)26(2)14-8-6-7-13(11-14)21(22,23)24/h6-8,11H,3-5,9-10H2,1-2H3. The Balaban J connectivity index is 1.76. The van der Waals surface area contributed by atoms with E-state index in [-0.39, 0.29) is 11.2 Å². The van der Waals surface area contributed by atoms with Crippen molar-refractivity contribution in [1.29, 1.82) is 0 Å². The van der Waals surface area contributed by atoms with Gasteiger partial charge in [0.2, 0.25) is 0 Å². The van der Waals surface area contributed by atoms with E-state index >= 15 is 0 Å². The first-order chi connectivity index (χ1) is 14.2. The van der Waals surface area contributed by atoms with Crippen LogP contribution in [0, 0.1) is 6.92 Å². The van der Waals surface area contributed by atoms with E-state index in [0.29, 0.717) is 27.2 Å². The molecule has 9 heteroatoms. The summed E-state index contributed by atoms with van der Waals surface area (Å²) in [6, 6.07) is 4.62. The summed E-state index contributed by atoms with van der Waals surface area (Å²) in [6.07, 6.45) is -0.861. The Morgan fingerprint density at radius 2 is 2.00 bits per heavy atom. The number of amides is 1. The number of aryl methyl sites for hydroxylation is 2. The minimum Gasteiger partial charge on any atom is -0.311 e. The molecule has 30 heavy (non-hydrogen) atoms. The molecule has 0 saturated heterocycles. The summed E-state index contributed by atoms with van der Waals surface area (Å²) in [7, 11) is 1.43. The number of nitrogens with zero attached hydrogens (tertiary/aromatic N) is 3. The molecule has 0 unspecified atom stereocenters. The van der Waals surface area contributed by atoms with E-state index in [2.05, 4.69) is 4.98 Å². The molecule has 0 radical (unpaired) electrons. The minimum atomic E-state index is -4.50. The Hall–Kier alpha value is -2.68. The SMILES string of the molecule is Cc1c(C(=O)N(C)c2cccc(C(F)(F)F)c2)sc2nc3n(c(=O)c12)CCCCC3. The molecule has 1 aliphatic rings. The average molecular weight is 435 g/mol. The number of alkyl halides is 3. The van der Waals surface area contributed by atoms with Crippen molar-refractivity contribution < 1.29 is 18.0 Å². The van der Waals surface area contributed by atoms with E-state index in [1.165, 1.54) is 24.1 Å². The Morgan fingerprint density at radius 1 is 1.23 bits per heavy atom. The highest BCUT2D eigenvalue weighted by molar-refractivity contribution is 7.20. The lowest BCUT2D eigenvalue weighted by molar-refractivity contribution is -0.137. The predicted octanol–water partition coefficient (Wildman–Crippen LogP) is 4.79. The first-order valence-electron chi connectivity index (χ1n) is 9.66. The van der Waals surface area contributed by atoms with Gasteiger partial charge in [0, 0.05) is 25.7 Å². The maximum Gasteiger partial charge on any atom is 0.416 e. The molecule has 0 N–H and O–H groups in total. The molecule has 3 heterocycles. The third-order valence-corrected chi connectivity index (χ3v) is 6.64. The summed E-state index contributed by atoms with van der Waals surface area (Å²) in [6.45, 7) is 2.30. The summed E-state index contributed by atoms with van der Waals surface area (Å²) in [5, 5.41) is 0.423. The van der Waals surface area contributed by atoms with Gasteiger partial charge in [-0.25, -0.2) is 4.98 Å². The van der Waals surface area contributed by atoms with Crippen LogP contribution in [0.15, 0.2) is 29.1 Å². The van der Waals surface area contributed by atoms with Crippen LogP contribution < -0.4 is 10.5 Å². The van der Waals surface area contributed by atoms with Crippen molar-refractivity contribution in [2.75, 3.05) is 11.9 Å². The molecule has 1 aliphatic heterocycles. The number of carbonyl (C=O) groups excluding carboxylic acids is 1. The highest BCUT2D eigenvalue weighted by Gasteiger charge is 2.31. The fraction of sp³-hybridized carbons (Fsp3) is 0.381. The lowest BCUT2D eigenvalue weighted by Crippen LogP contribution is -2.27. The zero-order valence-electron chi connectivity index (χ0n) is 16.5. The van der Waals surface area contributed by atoms with Crippen molar-refractivity contribution >= 4 is 33.1 Å². The van der Waals surface area contributed by atoms with Crippen LogP contribution in [-0.4, -0.2) is 22.5 Å². The average Bonchev–Trinajstić information content (AvgIpc) is 2.88. The van der Waals surface area contributed by atoms with Crippen LogP contribution >= 0.6 is 11.3 Å². The van der Waals surface area contributed by atoms with E-state index in [1.807, 2.05) is 0 Å². The van der Waals surface area contributed by atoms with Crippen molar-refractivity contribution in [2.24, 2.45) is 0 Å². The summed E-state index contributed by atoms with van der Waals surface area (Å²) >= 11 is 1.12. The lowest BCUT2D eigenvalue weighted by atomic mass is 10.1. The maximum absolute atomic E-state index is 13.1. The van der Waals surface area contributed by atoms with Gasteiger partial charge in [-0.05, 0) is 43.5 Å². The van der Waals surface area contributed by atoms with Crippen LogP contribution in [0.1, 0.15) is 45.9 Å². The number of hydrogen-bond acceptors (Lipinski definition) is 4. The first-order valence-corrected chi connectivity index (χ1v) is 10.5. The quantitative estimate of drug-likeness (QED) is 0.582. The molecule has 0 atom stereocenters. The van der Waals surface area contributed by atoms with Gasteiger partial charge in [-0.2, -0.15) is 13.2 Å². The molecule has 5 nitrogen and oxygen atoms in total. The van der Waals surface area contributed by atoms with Crippen LogP contribution in [0.3, 0.4) is 0 Å². The molecule has 0 fully saturated rings. The second-order valence-corrected chi connectivity index (χ2v) is 8.44. The molecule has 4 rings (SSSR count). The highest BCUT2D eigenvalue weighted by Crippen LogP contribution is 2.33. The normalized spacial score (nSPS) is 14.4. The molecule has 1 amide bonds. The Morgan fingerprint density at radius 3 is 2.73 bits per heavy atom. The molecule has 1 aromatic carbocycles. The second kappa shape index (κ2) is 7.54. The van der Waals surface area contributed by atoms with Crippen molar-refractivity contribution in [3.8, 4) is 0 Å². The lowest BCUT2D eigenvalue weighted by Gasteiger charge is -2.18. The van der Waals surface area contributed by atoms with Gasteiger partial charge in [-0.15, -0.1) is 11.3 Å².